The first-order chi connectivity index (χ1) is 10.2. The lowest BCUT2D eigenvalue weighted by Crippen LogP contribution is -2.37. The molecule has 0 saturated heterocycles. The lowest BCUT2D eigenvalue weighted by atomic mass is 10.1. The first kappa shape index (κ1) is 13.7. The molecule has 0 saturated carbocycles. The van der Waals surface area contributed by atoms with E-state index in [1.165, 1.54) is 11.3 Å². The van der Waals surface area contributed by atoms with Gasteiger partial charge in [0.05, 0.1) is 12.6 Å². The van der Waals surface area contributed by atoms with Crippen molar-refractivity contribution in [1.29, 1.82) is 0 Å². The number of hydrogen-bond acceptors (Lipinski definition) is 2. The Labute approximate surface area is 125 Å². The van der Waals surface area contributed by atoms with Gasteiger partial charge in [0.15, 0.2) is 0 Å². The molecule has 108 valence electrons. The van der Waals surface area contributed by atoms with E-state index in [0.29, 0.717) is 6.54 Å². The number of hydrogen-bond donors (Lipinski definition) is 1. The van der Waals surface area contributed by atoms with Crippen LogP contribution < -0.4 is 10.2 Å². The van der Waals surface area contributed by atoms with Crippen molar-refractivity contribution >= 4 is 11.6 Å². The molecular weight excluding hydrogens is 260 g/mol. The maximum absolute atomic E-state index is 12.2. The molecular formula is C18H20N2O. The molecule has 0 radical (unpaired) electrons. The average molecular weight is 280 g/mol. The summed E-state index contributed by atoms with van der Waals surface area (Å²) < 4.78 is 0. The number of anilines is 1. The van der Waals surface area contributed by atoms with Crippen molar-refractivity contribution in [3.8, 4) is 0 Å². The minimum Gasteiger partial charge on any atom is -0.362 e. The third kappa shape index (κ3) is 3.07. The van der Waals surface area contributed by atoms with E-state index < -0.39 is 0 Å². The molecule has 0 bridgehead atoms. The maximum atomic E-state index is 12.2. The maximum Gasteiger partial charge on any atom is 0.239 e. The Hall–Kier alpha value is -2.29. The third-order valence-electron chi connectivity index (χ3n) is 3.99. The van der Waals surface area contributed by atoms with Crippen LogP contribution in [0.2, 0.25) is 0 Å². The first-order valence-corrected chi connectivity index (χ1v) is 7.41. The fourth-order valence-corrected chi connectivity index (χ4v) is 2.86. The normalized spacial score (nSPS) is 14.6. The zero-order valence-electron chi connectivity index (χ0n) is 12.3. The number of carbonyl (C=O) groups is 1. The van der Waals surface area contributed by atoms with Gasteiger partial charge in [0, 0.05) is 12.2 Å². The second-order valence-electron chi connectivity index (χ2n) is 5.50. The molecule has 2 aromatic carbocycles. The van der Waals surface area contributed by atoms with Crippen molar-refractivity contribution in [3.05, 3.63) is 65.7 Å². The van der Waals surface area contributed by atoms with Gasteiger partial charge < -0.3 is 10.2 Å². The SMILES string of the molecule is C[C@H](NC(=O)CN1CCc2ccccc21)c1ccccc1. The molecule has 1 aliphatic rings. The third-order valence-corrected chi connectivity index (χ3v) is 3.99. The van der Waals surface area contributed by atoms with Crippen LogP contribution in [-0.4, -0.2) is 19.0 Å². The van der Waals surface area contributed by atoms with E-state index in [-0.39, 0.29) is 11.9 Å². The molecule has 1 N–H and O–H groups in total. The fourth-order valence-electron chi connectivity index (χ4n) is 2.86. The van der Waals surface area contributed by atoms with Crippen molar-refractivity contribution in [2.45, 2.75) is 19.4 Å². The van der Waals surface area contributed by atoms with Crippen molar-refractivity contribution in [2.24, 2.45) is 0 Å². The van der Waals surface area contributed by atoms with Crippen molar-refractivity contribution in [3.63, 3.8) is 0 Å². The summed E-state index contributed by atoms with van der Waals surface area (Å²) >= 11 is 0. The van der Waals surface area contributed by atoms with Gasteiger partial charge in [-0.3, -0.25) is 4.79 Å². The fraction of sp³-hybridized carbons (Fsp3) is 0.278. The van der Waals surface area contributed by atoms with E-state index in [0.717, 1.165) is 18.5 Å². The van der Waals surface area contributed by atoms with Gasteiger partial charge in [-0.05, 0) is 30.5 Å². The van der Waals surface area contributed by atoms with Crippen LogP contribution in [-0.2, 0) is 11.2 Å². The molecule has 0 spiro atoms. The summed E-state index contributed by atoms with van der Waals surface area (Å²) in [5.74, 6) is 0.0723. The van der Waals surface area contributed by atoms with E-state index >= 15 is 0 Å². The quantitative estimate of drug-likeness (QED) is 0.934. The van der Waals surface area contributed by atoms with E-state index in [1.807, 2.05) is 43.3 Å². The molecule has 1 amide bonds. The molecule has 0 fully saturated rings. The highest BCUT2D eigenvalue weighted by atomic mass is 16.2. The molecule has 0 unspecified atom stereocenters. The van der Waals surface area contributed by atoms with Crippen molar-refractivity contribution in [2.75, 3.05) is 18.0 Å². The number of amides is 1. The molecule has 1 atom stereocenters. The Morgan fingerprint density at radius 3 is 2.67 bits per heavy atom. The highest BCUT2D eigenvalue weighted by molar-refractivity contribution is 5.82. The van der Waals surface area contributed by atoms with Crippen LogP contribution in [0.3, 0.4) is 0 Å². The molecule has 2 aromatic rings. The number of nitrogens with zero attached hydrogens (tertiary/aromatic N) is 1. The van der Waals surface area contributed by atoms with Crippen LogP contribution in [0.25, 0.3) is 0 Å². The predicted molar refractivity (Wildman–Crippen MR) is 85.4 cm³/mol. The number of carbonyl (C=O) groups excluding carboxylic acids is 1. The smallest absolute Gasteiger partial charge is 0.239 e. The molecule has 3 nitrogen and oxygen atoms in total. The standard InChI is InChI=1S/C18H20N2O/c1-14(15-7-3-2-4-8-15)19-18(21)13-20-12-11-16-9-5-6-10-17(16)20/h2-10,14H,11-13H2,1H3,(H,19,21)/t14-/m0/s1. The van der Waals surface area contributed by atoms with E-state index in [1.54, 1.807) is 0 Å². The lowest BCUT2D eigenvalue weighted by Gasteiger charge is -2.21. The van der Waals surface area contributed by atoms with Gasteiger partial charge >= 0.3 is 0 Å². The second-order valence-corrected chi connectivity index (χ2v) is 5.50. The molecule has 1 aliphatic heterocycles. The number of nitrogens with one attached hydrogen (secondary N) is 1. The van der Waals surface area contributed by atoms with Crippen LogP contribution in [0.1, 0.15) is 24.1 Å². The minimum absolute atomic E-state index is 0.0385. The van der Waals surface area contributed by atoms with E-state index in [2.05, 4.69) is 28.4 Å². The Balaban J connectivity index is 1.61. The minimum atomic E-state index is 0.0385. The summed E-state index contributed by atoms with van der Waals surface area (Å²) in [6.45, 7) is 3.37. The highest BCUT2D eigenvalue weighted by Crippen LogP contribution is 2.26. The topological polar surface area (TPSA) is 32.3 Å². The van der Waals surface area contributed by atoms with E-state index in [4.69, 9.17) is 0 Å². The molecule has 1 heterocycles. The van der Waals surface area contributed by atoms with Gasteiger partial charge in [-0.1, -0.05) is 48.5 Å². The molecule has 3 rings (SSSR count). The number of benzene rings is 2. The van der Waals surface area contributed by atoms with Crippen molar-refractivity contribution < 1.29 is 4.79 Å². The van der Waals surface area contributed by atoms with Gasteiger partial charge in [0.1, 0.15) is 0 Å². The summed E-state index contributed by atoms with van der Waals surface area (Å²) in [6.07, 6.45) is 1.03. The van der Waals surface area contributed by atoms with Crippen molar-refractivity contribution in [1.82, 2.24) is 5.32 Å². The summed E-state index contributed by atoms with van der Waals surface area (Å²) in [5.41, 5.74) is 3.66. The van der Waals surface area contributed by atoms with Crippen LogP contribution in [0.4, 0.5) is 5.69 Å². The number of fused-ring (bicyclic) bond motifs is 1. The Kier molecular flexibility index (Phi) is 3.91. The molecule has 0 aliphatic carbocycles. The zero-order chi connectivity index (χ0) is 14.7. The average Bonchev–Trinajstić information content (AvgIpc) is 2.91. The van der Waals surface area contributed by atoms with Crippen LogP contribution in [0.5, 0.6) is 0 Å². The Morgan fingerprint density at radius 2 is 1.86 bits per heavy atom. The van der Waals surface area contributed by atoms with E-state index in [9.17, 15) is 4.79 Å². The van der Waals surface area contributed by atoms with Gasteiger partial charge in [-0.25, -0.2) is 0 Å². The van der Waals surface area contributed by atoms with Gasteiger partial charge in [0.2, 0.25) is 5.91 Å². The molecule has 0 aromatic heterocycles. The predicted octanol–water partition coefficient (Wildman–Crippen LogP) is 2.93. The first-order valence-electron chi connectivity index (χ1n) is 7.41. The Bertz CT molecular complexity index is 624. The molecule has 3 heteroatoms. The summed E-state index contributed by atoms with van der Waals surface area (Å²) in [4.78, 5) is 14.4. The van der Waals surface area contributed by atoms with Crippen LogP contribution >= 0.6 is 0 Å². The summed E-state index contributed by atoms with van der Waals surface area (Å²) in [5, 5.41) is 3.07. The summed E-state index contributed by atoms with van der Waals surface area (Å²) in [6, 6.07) is 18.4. The second kappa shape index (κ2) is 6.00. The van der Waals surface area contributed by atoms with Crippen LogP contribution in [0.15, 0.2) is 54.6 Å². The highest BCUT2D eigenvalue weighted by Gasteiger charge is 2.21. The van der Waals surface area contributed by atoms with Crippen LogP contribution in [0, 0.1) is 0 Å². The summed E-state index contributed by atoms with van der Waals surface area (Å²) in [7, 11) is 0. The number of para-hydroxylation sites is 1. The van der Waals surface area contributed by atoms with Gasteiger partial charge in [-0.15, -0.1) is 0 Å². The zero-order valence-corrected chi connectivity index (χ0v) is 12.3. The van der Waals surface area contributed by atoms with Gasteiger partial charge in [-0.2, -0.15) is 0 Å². The largest absolute Gasteiger partial charge is 0.362 e. The number of rotatable bonds is 4. The monoisotopic (exact) mass is 280 g/mol. The van der Waals surface area contributed by atoms with Gasteiger partial charge in [0.25, 0.3) is 0 Å². The molecule has 21 heavy (non-hydrogen) atoms. The Morgan fingerprint density at radius 1 is 1.14 bits per heavy atom. The lowest BCUT2D eigenvalue weighted by molar-refractivity contribution is -0.120.